The van der Waals surface area contributed by atoms with Gasteiger partial charge in [0, 0.05) is 11.8 Å². The summed E-state index contributed by atoms with van der Waals surface area (Å²) < 4.78 is 5.58. The van der Waals surface area contributed by atoms with Crippen LogP contribution in [0.25, 0.3) is 0 Å². The normalized spacial score (nSPS) is 36.3. The van der Waals surface area contributed by atoms with Crippen molar-refractivity contribution in [3.8, 4) is 0 Å². The first kappa shape index (κ1) is 13.6. The molecular formula is C15H24O3. The zero-order chi connectivity index (χ0) is 13.5. The Morgan fingerprint density at radius 3 is 2.44 bits per heavy atom. The van der Waals surface area contributed by atoms with Gasteiger partial charge in [0.15, 0.2) is 0 Å². The van der Waals surface area contributed by atoms with Crippen molar-refractivity contribution in [2.45, 2.75) is 59.5 Å². The zero-order valence-electron chi connectivity index (χ0n) is 11.9. The summed E-state index contributed by atoms with van der Waals surface area (Å²) in [6.45, 7) is 7.63. The third kappa shape index (κ3) is 2.76. The summed E-state index contributed by atoms with van der Waals surface area (Å²) in [5.41, 5.74) is -0.455. The first-order valence-corrected chi connectivity index (χ1v) is 7.02. The van der Waals surface area contributed by atoms with Gasteiger partial charge in [-0.05, 0) is 52.4 Å². The Kier molecular flexibility index (Phi) is 3.52. The lowest BCUT2D eigenvalue weighted by Crippen LogP contribution is -2.42. The number of ketones is 1. The van der Waals surface area contributed by atoms with Crippen LogP contribution in [0.3, 0.4) is 0 Å². The quantitative estimate of drug-likeness (QED) is 0.674. The number of rotatable bonds is 1. The van der Waals surface area contributed by atoms with Gasteiger partial charge in [0.2, 0.25) is 0 Å². The molecule has 0 heterocycles. The first-order chi connectivity index (χ1) is 8.27. The number of ether oxygens (including phenoxy) is 1. The Morgan fingerprint density at radius 2 is 1.83 bits per heavy atom. The van der Waals surface area contributed by atoms with Crippen LogP contribution in [0.1, 0.15) is 53.4 Å². The monoisotopic (exact) mass is 252 g/mol. The van der Waals surface area contributed by atoms with E-state index in [-0.39, 0.29) is 23.9 Å². The fourth-order valence-corrected chi connectivity index (χ4v) is 3.25. The molecule has 102 valence electrons. The molecule has 2 aliphatic rings. The Bertz CT molecular complexity index is 351. The van der Waals surface area contributed by atoms with Gasteiger partial charge in [0.05, 0.1) is 5.41 Å². The number of hydrogen-bond donors (Lipinski definition) is 0. The Labute approximate surface area is 109 Å². The molecule has 0 saturated heterocycles. The third-order valence-electron chi connectivity index (χ3n) is 4.22. The number of carbonyl (C=O) groups is 2. The largest absolute Gasteiger partial charge is 0.462 e. The molecule has 0 radical (unpaired) electrons. The molecule has 4 unspecified atom stereocenters. The molecule has 2 bridgehead atoms. The molecule has 18 heavy (non-hydrogen) atoms. The predicted octanol–water partition coefficient (Wildman–Crippen LogP) is 2.97. The summed E-state index contributed by atoms with van der Waals surface area (Å²) in [4.78, 5) is 23.9. The van der Waals surface area contributed by atoms with Gasteiger partial charge >= 0.3 is 5.97 Å². The van der Waals surface area contributed by atoms with E-state index in [1.54, 1.807) is 0 Å². The summed E-state index contributed by atoms with van der Waals surface area (Å²) >= 11 is 0. The lowest BCUT2D eigenvalue weighted by molar-refractivity contribution is -0.164. The molecule has 3 heteroatoms. The molecule has 4 atom stereocenters. The number of fused-ring (bicyclic) bond motifs is 2. The topological polar surface area (TPSA) is 43.4 Å². The van der Waals surface area contributed by atoms with Crippen molar-refractivity contribution in [1.29, 1.82) is 0 Å². The third-order valence-corrected chi connectivity index (χ3v) is 4.22. The van der Waals surface area contributed by atoms with Crippen molar-refractivity contribution in [1.82, 2.24) is 0 Å². The van der Waals surface area contributed by atoms with E-state index in [1.807, 2.05) is 27.7 Å². The molecule has 0 aliphatic heterocycles. The highest BCUT2D eigenvalue weighted by atomic mass is 16.5. The molecular weight excluding hydrogens is 228 g/mol. The van der Waals surface area contributed by atoms with Crippen LogP contribution in [0.5, 0.6) is 0 Å². The molecule has 0 aromatic rings. The highest BCUT2D eigenvalue weighted by Gasteiger charge is 2.41. The average Bonchev–Trinajstić information content (AvgIpc) is 2.24. The minimum Gasteiger partial charge on any atom is -0.462 e. The van der Waals surface area contributed by atoms with Crippen LogP contribution in [0.2, 0.25) is 0 Å². The van der Waals surface area contributed by atoms with E-state index in [0.29, 0.717) is 11.7 Å². The average molecular weight is 252 g/mol. The molecule has 3 nitrogen and oxygen atoms in total. The first-order valence-electron chi connectivity index (χ1n) is 7.02. The maximum absolute atomic E-state index is 12.0. The fraction of sp³-hybridized carbons (Fsp3) is 0.867. The predicted molar refractivity (Wildman–Crippen MR) is 69.0 cm³/mol. The van der Waals surface area contributed by atoms with E-state index in [0.717, 1.165) is 25.7 Å². The molecule has 0 aromatic carbocycles. The van der Waals surface area contributed by atoms with Crippen LogP contribution in [-0.2, 0) is 14.3 Å². The number of esters is 1. The van der Waals surface area contributed by atoms with E-state index in [2.05, 4.69) is 0 Å². The molecule has 2 aliphatic carbocycles. The summed E-state index contributed by atoms with van der Waals surface area (Å²) in [5, 5.41) is 0. The van der Waals surface area contributed by atoms with Gasteiger partial charge in [-0.3, -0.25) is 9.59 Å². The van der Waals surface area contributed by atoms with E-state index in [4.69, 9.17) is 4.74 Å². The minimum atomic E-state index is -0.455. The van der Waals surface area contributed by atoms with Gasteiger partial charge in [-0.15, -0.1) is 0 Å². The second-order valence-corrected chi connectivity index (χ2v) is 7.09. The van der Waals surface area contributed by atoms with E-state index in [9.17, 15) is 9.59 Å². The second-order valence-electron chi connectivity index (χ2n) is 7.09. The second kappa shape index (κ2) is 4.67. The van der Waals surface area contributed by atoms with Gasteiger partial charge in [-0.25, -0.2) is 0 Å². The van der Waals surface area contributed by atoms with Crippen molar-refractivity contribution in [2.75, 3.05) is 0 Å². The standard InChI is InChI=1S/C15H24O3/c1-9-5-10-6-11(13(9)16)8-12(7-10)18-14(17)15(2,3)4/h9-12H,5-8H2,1-4H3. The number of hydrogen-bond acceptors (Lipinski definition) is 3. The van der Waals surface area contributed by atoms with Crippen LogP contribution in [0.15, 0.2) is 0 Å². The van der Waals surface area contributed by atoms with Gasteiger partial charge in [0.1, 0.15) is 11.9 Å². The molecule has 0 N–H and O–H groups in total. The number of carbonyl (C=O) groups excluding carboxylic acids is 2. The van der Waals surface area contributed by atoms with Crippen LogP contribution >= 0.6 is 0 Å². The maximum atomic E-state index is 12.0. The van der Waals surface area contributed by atoms with Crippen LogP contribution in [-0.4, -0.2) is 17.9 Å². The lowest BCUT2D eigenvalue weighted by atomic mass is 9.67. The summed E-state index contributed by atoms with van der Waals surface area (Å²) in [6, 6.07) is 0. The SMILES string of the molecule is CC1CC2CC(OC(=O)C(C)(C)C)CC(C2)C1=O. The molecule has 2 rings (SSSR count). The van der Waals surface area contributed by atoms with Gasteiger partial charge in [-0.1, -0.05) is 6.92 Å². The molecule has 0 aromatic heterocycles. The van der Waals surface area contributed by atoms with Crippen molar-refractivity contribution in [2.24, 2.45) is 23.2 Å². The molecule has 2 fully saturated rings. The Morgan fingerprint density at radius 1 is 1.17 bits per heavy atom. The minimum absolute atomic E-state index is 0.0445. The van der Waals surface area contributed by atoms with Gasteiger partial charge in [0.25, 0.3) is 0 Å². The summed E-state index contributed by atoms with van der Waals surface area (Å²) in [6.07, 6.45) is 3.61. The van der Waals surface area contributed by atoms with Crippen LogP contribution in [0.4, 0.5) is 0 Å². The number of Topliss-reactive ketones (excluding diaryl/α,β-unsaturated/α-hetero) is 1. The van der Waals surface area contributed by atoms with Crippen LogP contribution < -0.4 is 0 Å². The van der Waals surface area contributed by atoms with Crippen molar-refractivity contribution in [3.05, 3.63) is 0 Å². The zero-order valence-corrected chi connectivity index (χ0v) is 11.9. The molecule has 0 amide bonds. The highest BCUT2D eigenvalue weighted by Crippen LogP contribution is 2.41. The molecule has 2 saturated carbocycles. The van der Waals surface area contributed by atoms with E-state index in [1.165, 1.54) is 0 Å². The smallest absolute Gasteiger partial charge is 0.311 e. The lowest BCUT2D eigenvalue weighted by Gasteiger charge is -2.40. The van der Waals surface area contributed by atoms with Gasteiger partial charge < -0.3 is 4.74 Å². The van der Waals surface area contributed by atoms with E-state index < -0.39 is 5.41 Å². The van der Waals surface area contributed by atoms with E-state index >= 15 is 0 Å². The Hall–Kier alpha value is -0.860. The summed E-state index contributed by atoms with van der Waals surface area (Å²) in [7, 11) is 0. The van der Waals surface area contributed by atoms with Crippen LogP contribution in [0, 0.1) is 23.2 Å². The maximum Gasteiger partial charge on any atom is 0.311 e. The molecule has 0 spiro atoms. The van der Waals surface area contributed by atoms with Crippen molar-refractivity contribution < 1.29 is 14.3 Å². The van der Waals surface area contributed by atoms with Crippen molar-refractivity contribution in [3.63, 3.8) is 0 Å². The summed E-state index contributed by atoms with van der Waals surface area (Å²) in [5.74, 6) is 1.13. The highest BCUT2D eigenvalue weighted by molar-refractivity contribution is 5.84. The fourth-order valence-electron chi connectivity index (χ4n) is 3.25. The van der Waals surface area contributed by atoms with Crippen molar-refractivity contribution >= 4 is 11.8 Å². The Balaban J connectivity index is 1.98. The van der Waals surface area contributed by atoms with Gasteiger partial charge in [-0.2, -0.15) is 0 Å².